The molecular formula is C17H37N6ORb. The molecule has 1 aromatic rings. The number of likely N-dealkylation sites (tertiary alicyclic amines) is 1. The predicted octanol–water partition coefficient (Wildman–Crippen LogP) is -0.700. The van der Waals surface area contributed by atoms with Gasteiger partial charge in [0, 0.05) is 19.5 Å². The fourth-order valence-electron chi connectivity index (χ4n) is 2.41. The van der Waals surface area contributed by atoms with Gasteiger partial charge in [-0.05, 0) is 39.5 Å². The van der Waals surface area contributed by atoms with Crippen molar-refractivity contribution in [3.05, 3.63) is 23.4 Å². The number of nitrogens with two attached hydrogens (primary N) is 1. The van der Waals surface area contributed by atoms with Crippen LogP contribution in [0.15, 0.2) is 6.33 Å². The Morgan fingerprint density at radius 1 is 1.28 bits per heavy atom. The summed E-state index contributed by atoms with van der Waals surface area (Å²) in [7, 11) is 3.42. The molecule has 0 unspecified atom stereocenters. The Balaban J connectivity index is -0.000000297. The number of imidazole rings is 1. The van der Waals surface area contributed by atoms with E-state index in [0.717, 1.165) is 26.1 Å². The van der Waals surface area contributed by atoms with Crippen molar-refractivity contribution in [3.63, 3.8) is 0 Å². The van der Waals surface area contributed by atoms with E-state index >= 15 is 0 Å². The molecule has 0 spiro atoms. The molecule has 0 saturated carbocycles. The van der Waals surface area contributed by atoms with E-state index in [9.17, 15) is 0 Å². The fourth-order valence-corrected chi connectivity index (χ4v) is 2.41. The summed E-state index contributed by atoms with van der Waals surface area (Å²) >= 11 is 0. The molecule has 4 N–H and O–H groups in total. The number of primary amides is 1. The van der Waals surface area contributed by atoms with Gasteiger partial charge in [-0.25, -0.2) is 4.98 Å². The Bertz CT molecular complexity index is 383. The predicted molar refractivity (Wildman–Crippen MR) is 102 cm³/mol. The number of hydrogen-bond donors (Lipinski definition) is 2. The number of fused-ring (bicyclic) bond motifs is 1. The van der Waals surface area contributed by atoms with E-state index in [4.69, 9.17) is 10.5 Å². The number of nitrogens with zero attached hydrogens (tertiary/aromatic N) is 3. The molecule has 3 rings (SSSR count). The van der Waals surface area contributed by atoms with Crippen LogP contribution in [0.4, 0.5) is 0 Å². The summed E-state index contributed by atoms with van der Waals surface area (Å²) in [5.74, 6) is 0. The van der Waals surface area contributed by atoms with Crippen molar-refractivity contribution in [3.8, 4) is 0 Å². The molecule has 8 heteroatoms. The summed E-state index contributed by atoms with van der Waals surface area (Å²) in [6.07, 6.45) is 5.98. The summed E-state index contributed by atoms with van der Waals surface area (Å²) < 4.78 is 0. The number of carbonyl (C=O) groups excluding carboxylic acids is 1. The topological polar surface area (TPSA) is 102 Å². The second-order valence-corrected chi connectivity index (χ2v) is 5.09. The Morgan fingerprint density at radius 3 is 2.20 bits per heavy atom. The van der Waals surface area contributed by atoms with Crippen LogP contribution in [0.5, 0.6) is 0 Å². The van der Waals surface area contributed by atoms with Gasteiger partial charge in [-0.3, -0.25) is 9.69 Å². The second-order valence-electron chi connectivity index (χ2n) is 5.09. The number of aromatic nitrogens is 2. The molecule has 0 bridgehead atoms. The van der Waals surface area contributed by atoms with E-state index in [1.54, 1.807) is 6.33 Å². The second kappa shape index (κ2) is 22.4. The van der Waals surface area contributed by atoms with Gasteiger partial charge in [-0.1, -0.05) is 20.8 Å². The number of aromatic amines is 1. The average molecular weight is 427 g/mol. The van der Waals surface area contributed by atoms with Crippen molar-refractivity contribution in [1.29, 1.82) is 0 Å². The smallest absolute Gasteiger partial charge is 0.680 e. The number of hydrogen-bond acceptors (Lipinski definition) is 4. The van der Waals surface area contributed by atoms with Crippen molar-refractivity contribution >= 4 is 6.41 Å². The molecule has 0 atom stereocenters. The van der Waals surface area contributed by atoms with Crippen molar-refractivity contribution in [1.82, 2.24) is 19.8 Å². The minimum atomic E-state index is 0. The molecule has 1 aromatic heterocycles. The van der Waals surface area contributed by atoms with Crippen LogP contribution < -0.4 is 63.9 Å². The summed E-state index contributed by atoms with van der Waals surface area (Å²) in [4.78, 5) is 20.8. The standard InChI is InChI=1S/C8H13N3.C5H11N.C2H6.CH3NO.CH4N.Rb/c1-2-11-4-3-7-8(5-11)10-6-9-7;1-6-4-2-3-5-6;1-2;2-1-3;1-2;/h6H,2-5H2,1H3,(H,9,10);2-5H2,1H3;1-2H3;1H,(H2,2,3);2H,1H3;/q;;;;-1;+1. The number of rotatable bonds is 1. The summed E-state index contributed by atoms with van der Waals surface area (Å²) in [5, 5.41) is 0. The van der Waals surface area contributed by atoms with Crippen LogP contribution in [0.3, 0.4) is 0 Å². The van der Waals surface area contributed by atoms with E-state index in [1.165, 1.54) is 44.4 Å². The maximum Gasteiger partial charge on any atom is 1.00 e. The third-order valence-corrected chi connectivity index (χ3v) is 3.63. The SMILES string of the molecule is CC.CCN1CCc2nc[nH]c2C1.CN1CCCC1.C[NH-].NC=O.[Rb+]. The largest absolute Gasteiger partial charge is 1.00 e. The molecule has 2 aliphatic heterocycles. The maximum atomic E-state index is 8.58. The third-order valence-electron chi connectivity index (χ3n) is 3.63. The van der Waals surface area contributed by atoms with Gasteiger partial charge in [0.15, 0.2) is 0 Å². The number of nitrogens with one attached hydrogen (secondary N) is 2. The van der Waals surface area contributed by atoms with Crippen LogP contribution in [0.1, 0.15) is 45.0 Å². The molecule has 1 fully saturated rings. The third kappa shape index (κ3) is 15.1. The van der Waals surface area contributed by atoms with Crippen molar-refractivity contribution < 1.29 is 63.0 Å². The molecule has 0 radical (unpaired) electrons. The normalized spacial score (nSPS) is 15.1. The molecule has 1 saturated heterocycles. The zero-order chi connectivity index (χ0) is 18.8. The monoisotopic (exact) mass is 426 g/mol. The summed E-state index contributed by atoms with van der Waals surface area (Å²) in [6, 6.07) is 0. The minimum Gasteiger partial charge on any atom is -0.680 e. The van der Waals surface area contributed by atoms with Crippen LogP contribution in [0.2, 0.25) is 0 Å². The molecule has 142 valence electrons. The number of likely N-dealkylation sites (N-methyl/N-ethyl adjacent to an activating group) is 1. The Kier molecular flexibility index (Phi) is 27.0. The molecule has 7 nitrogen and oxygen atoms in total. The first-order valence-electron chi connectivity index (χ1n) is 8.78. The van der Waals surface area contributed by atoms with E-state index in [-0.39, 0.29) is 64.6 Å². The molecule has 25 heavy (non-hydrogen) atoms. The van der Waals surface area contributed by atoms with Gasteiger partial charge >= 0.3 is 58.2 Å². The molecule has 2 aliphatic rings. The Labute approximate surface area is 203 Å². The van der Waals surface area contributed by atoms with Gasteiger partial charge in [0.25, 0.3) is 0 Å². The van der Waals surface area contributed by atoms with Crippen LogP contribution in [0.25, 0.3) is 5.73 Å². The maximum absolute atomic E-state index is 8.58. The van der Waals surface area contributed by atoms with E-state index in [0.29, 0.717) is 0 Å². The zero-order valence-corrected chi connectivity index (χ0v) is 22.1. The first kappa shape index (κ1) is 30.1. The van der Waals surface area contributed by atoms with Gasteiger partial charge in [0.2, 0.25) is 6.41 Å². The zero-order valence-electron chi connectivity index (χ0n) is 17.1. The van der Waals surface area contributed by atoms with E-state index in [2.05, 4.69) is 39.5 Å². The quantitative estimate of drug-likeness (QED) is 0.579. The summed E-state index contributed by atoms with van der Waals surface area (Å²) in [5.41, 5.74) is 12.5. The van der Waals surface area contributed by atoms with Crippen LogP contribution in [-0.2, 0) is 17.8 Å². The van der Waals surface area contributed by atoms with Crippen molar-refractivity contribution in [2.24, 2.45) is 5.73 Å². The fraction of sp³-hybridized carbons (Fsp3) is 0.765. The van der Waals surface area contributed by atoms with E-state index < -0.39 is 0 Å². The Morgan fingerprint density at radius 2 is 1.80 bits per heavy atom. The summed E-state index contributed by atoms with van der Waals surface area (Å²) in [6.45, 7) is 12.2. The minimum absolute atomic E-state index is 0. The Hall–Kier alpha value is 0.365. The number of carbonyl (C=O) groups is 1. The van der Waals surface area contributed by atoms with Gasteiger partial charge < -0.3 is 21.4 Å². The molecule has 0 aromatic carbocycles. The molecule has 3 heterocycles. The number of H-pyrrole nitrogens is 1. The van der Waals surface area contributed by atoms with Crippen molar-refractivity contribution in [2.75, 3.05) is 40.3 Å². The first-order valence-corrected chi connectivity index (χ1v) is 8.78. The van der Waals surface area contributed by atoms with Gasteiger partial charge in [-0.2, -0.15) is 7.05 Å². The number of amides is 1. The molecular weight excluding hydrogens is 390 g/mol. The first-order chi connectivity index (χ1) is 11.7. The van der Waals surface area contributed by atoms with Crippen LogP contribution >= 0.6 is 0 Å². The van der Waals surface area contributed by atoms with Gasteiger partial charge in [-0.15, -0.1) is 0 Å². The average Bonchev–Trinajstić information content (AvgIpc) is 3.30. The van der Waals surface area contributed by atoms with Crippen molar-refractivity contribution in [2.45, 2.75) is 46.6 Å². The van der Waals surface area contributed by atoms with Gasteiger partial charge in [0.05, 0.1) is 17.7 Å². The van der Waals surface area contributed by atoms with E-state index in [1.807, 2.05) is 13.8 Å². The molecule has 1 amide bonds. The van der Waals surface area contributed by atoms with Crippen LogP contribution in [0, 0.1) is 0 Å². The molecule has 0 aliphatic carbocycles. The van der Waals surface area contributed by atoms with Crippen LogP contribution in [-0.4, -0.2) is 66.5 Å². The van der Waals surface area contributed by atoms with Gasteiger partial charge in [0.1, 0.15) is 0 Å².